The molecule has 2 aromatic carbocycles. The average molecular weight is 353 g/mol. The highest BCUT2D eigenvalue weighted by molar-refractivity contribution is 9.10. The summed E-state index contributed by atoms with van der Waals surface area (Å²) in [6, 6.07) is 12.4. The van der Waals surface area contributed by atoms with E-state index in [9.17, 15) is 0 Å². The van der Waals surface area contributed by atoms with E-state index in [0.29, 0.717) is 0 Å². The summed E-state index contributed by atoms with van der Waals surface area (Å²) in [5.74, 6) is 1.01. The van der Waals surface area contributed by atoms with Crippen LogP contribution in [0.5, 0.6) is 5.75 Å². The smallest absolute Gasteiger partial charge is 0.122 e. The maximum atomic E-state index is 6.13. The first-order valence-corrected chi connectivity index (χ1v) is 7.74. The highest BCUT2D eigenvalue weighted by Gasteiger charge is 2.19. The van der Waals surface area contributed by atoms with E-state index in [1.165, 1.54) is 11.1 Å². The Morgan fingerprint density at radius 3 is 2.90 bits per heavy atom. The van der Waals surface area contributed by atoms with E-state index in [4.69, 9.17) is 16.3 Å². The van der Waals surface area contributed by atoms with Crippen LogP contribution in [0.3, 0.4) is 0 Å². The van der Waals surface area contributed by atoms with E-state index in [1.54, 1.807) is 0 Å². The van der Waals surface area contributed by atoms with Gasteiger partial charge in [0.25, 0.3) is 0 Å². The second-order valence-electron chi connectivity index (χ2n) is 4.85. The largest absolute Gasteiger partial charge is 0.493 e. The number of halogens is 2. The van der Waals surface area contributed by atoms with E-state index < -0.39 is 0 Å². The van der Waals surface area contributed by atoms with Crippen molar-refractivity contribution in [3.8, 4) is 5.75 Å². The van der Waals surface area contributed by atoms with Crippen LogP contribution in [0.25, 0.3) is 0 Å². The van der Waals surface area contributed by atoms with Gasteiger partial charge in [0.1, 0.15) is 5.75 Å². The van der Waals surface area contributed by atoms with Crippen molar-refractivity contribution >= 4 is 27.5 Å². The van der Waals surface area contributed by atoms with Gasteiger partial charge in [-0.05, 0) is 48.0 Å². The summed E-state index contributed by atoms with van der Waals surface area (Å²) in [7, 11) is 1.96. The van der Waals surface area contributed by atoms with E-state index in [2.05, 4.69) is 39.4 Å². The molecule has 1 heterocycles. The zero-order chi connectivity index (χ0) is 14.1. The first-order chi connectivity index (χ1) is 9.69. The van der Waals surface area contributed by atoms with Crippen molar-refractivity contribution in [1.82, 2.24) is 5.32 Å². The first-order valence-electron chi connectivity index (χ1n) is 6.57. The summed E-state index contributed by atoms with van der Waals surface area (Å²) in [5, 5.41) is 4.11. The number of nitrogens with one attached hydrogen (secondary N) is 1. The van der Waals surface area contributed by atoms with Crippen LogP contribution in [0.4, 0.5) is 0 Å². The number of fused-ring (bicyclic) bond motifs is 1. The summed E-state index contributed by atoms with van der Waals surface area (Å²) >= 11 is 9.74. The third-order valence-corrected chi connectivity index (χ3v) is 4.56. The Hall–Kier alpha value is -1.03. The molecular weight excluding hydrogens is 338 g/mol. The Morgan fingerprint density at radius 1 is 1.25 bits per heavy atom. The maximum absolute atomic E-state index is 6.13. The molecule has 4 heteroatoms. The fourth-order valence-corrected chi connectivity index (χ4v) is 3.28. The molecule has 0 spiro atoms. The summed E-state index contributed by atoms with van der Waals surface area (Å²) in [5.41, 5.74) is 3.64. The van der Waals surface area contributed by atoms with Gasteiger partial charge >= 0.3 is 0 Å². The molecule has 1 unspecified atom stereocenters. The summed E-state index contributed by atoms with van der Waals surface area (Å²) in [4.78, 5) is 0. The number of hydrogen-bond donors (Lipinski definition) is 1. The first kappa shape index (κ1) is 13.9. The topological polar surface area (TPSA) is 21.3 Å². The molecule has 0 aliphatic carbocycles. The van der Waals surface area contributed by atoms with Crippen LogP contribution >= 0.6 is 27.5 Å². The molecule has 1 N–H and O–H groups in total. The zero-order valence-electron chi connectivity index (χ0n) is 11.1. The van der Waals surface area contributed by atoms with Crippen LogP contribution in [0.1, 0.15) is 22.7 Å². The lowest BCUT2D eigenvalue weighted by Crippen LogP contribution is -2.18. The number of benzene rings is 2. The van der Waals surface area contributed by atoms with Crippen molar-refractivity contribution in [2.45, 2.75) is 12.5 Å². The van der Waals surface area contributed by atoms with Crippen molar-refractivity contribution in [1.29, 1.82) is 0 Å². The molecule has 2 nitrogen and oxygen atoms in total. The number of hydrogen-bond acceptors (Lipinski definition) is 2. The molecule has 20 heavy (non-hydrogen) atoms. The highest BCUT2D eigenvalue weighted by Crippen LogP contribution is 2.34. The van der Waals surface area contributed by atoms with Gasteiger partial charge in [-0.1, -0.05) is 39.7 Å². The Morgan fingerprint density at radius 2 is 2.10 bits per heavy atom. The third kappa shape index (κ3) is 2.58. The molecule has 2 aromatic rings. The lowest BCUT2D eigenvalue weighted by molar-refractivity contribution is 0.357. The quantitative estimate of drug-likeness (QED) is 0.887. The maximum Gasteiger partial charge on any atom is 0.122 e. The van der Waals surface area contributed by atoms with Gasteiger partial charge in [0, 0.05) is 15.9 Å². The Labute approximate surface area is 132 Å². The standard InChI is InChI=1S/C16H15BrClNO/c1-19-16(13-9-12(18)3-4-14(13)17)11-2-5-15-10(8-11)6-7-20-15/h2-5,8-9,16,19H,6-7H2,1H3. The van der Waals surface area contributed by atoms with E-state index in [0.717, 1.165) is 33.8 Å². The average Bonchev–Trinajstić information content (AvgIpc) is 2.91. The molecule has 0 radical (unpaired) electrons. The van der Waals surface area contributed by atoms with Crippen LogP contribution in [-0.4, -0.2) is 13.7 Å². The van der Waals surface area contributed by atoms with Gasteiger partial charge in [-0.15, -0.1) is 0 Å². The predicted molar refractivity (Wildman–Crippen MR) is 85.7 cm³/mol. The molecule has 0 amide bonds. The van der Waals surface area contributed by atoms with Crippen molar-refractivity contribution in [3.05, 3.63) is 62.6 Å². The molecule has 0 saturated heterocycles. The lowest BCUT2D eigenvalue weighted by Gasteiger charge is -2.19. The van der Waals surface area contributed by atoms with Gasteiger partial charge in [-0.2, -0.15) is 0 Å². The van der Waals surface area contributed by atoms with Gasteiger partial charge in [-0.3, -0.25) is 0 Å². The van der Waals surface area contributed by atoms with Gasteiger partial charge in [-0.25, -0.2) is 0 Å². The van der Waals surface area contributed by atoms with E-state index in [1.807, 2.05) is 25.2 Å². The van der Waals surface area contributed by atoms with Crippen molar-refractivity contribution in [2.24, 2.45) is 0 Å². The monoisotopic (exact) mass is 351 g/mol. The molecular formula is C16H15BrClNO. The van der Waals surface area contributed by atoms with Gasteiger partial charge in [0.15, 0.2) is 0 Å². The fourth-order valence-electron chi connectivity index (χ4n) is 2.62. The molecule has 104 valence electrons. The van der Waals surface area contributed by atoms with Crippen molar-refractivity contribution in [2.75, 3.05) is 13.7 Å². The van der Waals surface area contributed by atoms with Gasteiger partial charge in [0.2, 0.25) is 0 Å². The minimum atomic E-state index is 0.106. The minimum Gasteiger partial charge on any atom is -0.493 e. The summed E-state index contributed by atoms with van der Waals surface area (Å²) < 4.78 is 6.62. The normalized spacial score (nSPS) is 14.8. The molecule has 0 bridgehead atoms. The van der Waals surface area contributed by atoms with Crippen LogP contribution in [-0.2, 0) is 6.42 Å². The van der Waals surface area contributed by atoms with Crippen LogP contribution in [0.15, 0.2) is 40.9 Å². The molecule has 0 aromatic heterocycles. The highest BCUT2D eigenvalue weighted by atomic mass is 79.9. The SMILES string of the molecule is CNC(c1ccc2c(c1)CCO2)c1cc(Cl)ccc1Br. The molecule has 1 aliphatic rings. The van der Waals surface area contributed by atoms with Crippen LogP contribution < -0.4 is 10.1 Å². The Kier molecular flexibility index (Phi) is 4.01. The fraction of sp³-hybridized carbons (Fsp3) is 0.250. The molecule has 1 atom stereocenters. The predicted octanol–water partition coefficient (Wildman–Crippen LogP) is 4.35. The Balaban J connectivity index is 2.03. The third-order valence-electron chi connectivity index (χ3n) is 3.60. The summed E-state index contributed by atoms with van der Waals surface area (Å²) in [6.45, 7) is 0.782. The number of rotatable bonds is 3. The van der Waals surface area contributed by atoms with E-state index in [-0.39, 0.29) is 6.04 Å². The Bertz CT molecular complexity index is 644. The van der Waals surface area contributed by atoms with E-state index >= 15 is 0 Å². The minimum absolute atomic E-state index is 0.106. The zero-order valence-corrected chi connectivity index (χ0v) is 13.5. The van der Waals surface area contributed by atoms with Crippen molar-refractivity contribution < 1.29 is 4.74 Å². The summed E-state index contributed by atoms with van der Waals surface area (Å²) in [6.07, 6.45) is 0.982. The van der Waals surface area contributed by atoms with Crippen molar-refractivity contribution in [3.63, 3.8) is 0 Å². The molecule has 0 fully saturated rings. The number of ether oxygens (including phenoxy) is 1. The molecule has 0 saturated carbocycles. The lowest BCUT2D eigenvalue weighted by atomic mass is 9.96. The van der Waals surface area contributed by atoms with Crippen LogP contribution in [0, 0.1) is 0 Å². The second-order valence-corrected chi connectivity index (χ2v) is 6.14. The van der Waals surface area contributed by atoms with Crippen LogP contribution in [0.2, 0.25) is 5.02 Å². The molecule has 3 rings (SSSR count). The second kappa shape index (κ2) is 5.76. The molecule has 1 aliphatic heterocycles. The van der Waals surface area contributed by atoms with Gasteiger partial charge < -0.3 is 10.1 Å². The van der Waals surface area contributed by atoms with Gasteiger partial charge in [0.05, 0.1) is 12.6 Å².